The summed E-state index contributed by atoms with van der Waals surface area (Å²) in [4.78, 5) is 30.2. The third kappa shape index (κ3) is 4.74. The van der Waals surface area contributed by atoms with E-state index >= 15 is 0 Å². The fourth-order valence-corrected chi connectivity index (χ4v) is 3.87. The molecular formula is C23H25N9O2. The molecule has 11 nitrogen and oxygen atoms in total. The molecule has 0 aliphatic carbocycles. The van der Waals surface area contributed by atoms with E-state index < -0.39 is 0 Å². The Labute approximate surface area is 195 Å². The highest BCUT2D eigenvalue weighted by molar-refractivity contribution is 5.98. The number of H-pyrrole nitrogens is 1. The van der Waals surface area contributed by atoms with Gasteiger partial charge in [0.25, 0.3) is 5.88 Å². The maximum atomic E-state index is 11.6. The Morgan fingerprint density at radius 3 is 2.94 bits per heavy atom. The average molecular weight is 460 g/mol. The molecule has 1 saturated heterocycles. The van der Waals surface area contributed by atoms with Crippen molar-refractivity contribution in [1.29, 1.82) is 0 Å². The molecule has 3 aromatic heterocycles. The molecule has 1 aliphatic rings. The normalized spacial score (nSPS) is 14.7. The molecule has 0 radical (unpaired) electrons. The molecule has 174 valence electrons. The van der Waals surface area contributed by atoms with Crippen LogP contribution in [0.4, 0.5) is 17.3 Å². The second-order valence-corrected chi connectivity index (χ2v) is 8.15. The number of amides is 1. The number of aromatic nitrogens is 6. The summed E-state index contributed by atoms with van der Waals surface area (Å²) in [6.45, 7) is 5.59. The standard InChI is InChI=1S/C23H25N9O2/c1-3-19(33)27-15-5-4-6-18(11-15)34-22-20-21(25-14-24-20)29-23(30-22)28-16-12-26-32(13-16)17-7-9-31(2)10-8-17/h3-6,11-14,17H,1,7-10H2,2H3,(H,27,33)(H2,24,25,28,29,30). The average Bonchev–Trinajstić information content (AvgIpc) is 3.50. The van der Waals surface area contributed by atoms with Gasteiger partial charge in [-0.1, -0.05) is 12.6 Å². The van der Waals surface area contributed by atoms with Crippen molar-refractivity contribution in [1.82, 2.24) is 34.6 Å². The number of anilines is 3. The first-order valence-corrected chi connectivity index (χ1v) is 11.0. The topological polar surface area (TPSA) is 126 Å². The Balaban J connectivity index is 1.36. The molecule has 4 aromatic rings. The summed E-state index contributed by atoms with van der Waals surface area (Å²) in [7, 11) is 2.14. The van der Waals surface area contributed by atoms with Gasteiger partial charge in [-0.15, -0.1) is 0 Å². The second-order valence-electron chi connectivity index (χ2n) is 8.15. The number of ether oxygens (including phenoxy) is 1. The van der Waals surface area contributed by atoms with Crippen LogP contribution in [-0.2, 0) is 4.79 Å². The van der Waals surface area contributed by atoms with Gasteiger partial charge in [-0.05, 0) is 51.2 Å². The largest absolute Gasteiger partial charge is 0.437 e. The first-order valence-electron chi connectivity index (χ1n) is 11.0. The number of carbonyl (C=O) groups excluding carboxylic acids is 1. The number of aromatic amines is 1. The predicted molar refractivity (Wildman–Crippen MR) is 128 cm³/mol. The number of imidazole rings is 1. The van der Waals surface area contributed by atoms with Crippen molar-refractivity contribution in [3.8, 4) is 11.6 Å². The first-order chi connectivity index (χ1) is 16.6. The van der Waals surface area contributed by atoms with Crippen LogP contribution in [0.3, 0.4) is 0 Å². The molecule has 11 heteroatoms. The molecule has 34 heavy (non-hydrogen) atoms. The number of hydrogen-bond donors (Lipinski definition) is 3. The zero-order chi connectivity index (χ0) is 23.5. The van der Waals surface area contributed by atoms with Crippen LogP contribution in [0.15, 0.2) is 55.6 Å². The van der Waals surface area contributed by atoms with Crippen LogP contribution in [0.2, 0.25) is 0 Å². The summed E-state index contributed by atoms with van der Waals surface area (Å²) in [5.74, 6) is 0.841. The number of likely N-dealkylation sites (tertiary alicyclic amines) is 1. The minimum absolute atomic E-state index is 0.303. The van der Waals surface area contributed by atoms with Crippen molar-refractivity contribution in [3.63, 3.8) is 0 Å². The number of rotatable bonds is 7. The molecular weight excluding hydrogens is 434 g/mol. The van der Waals surface area contributed by atoms with E-state index in [4.69, 9.17) is 4.74 Å². The van der Waals surface area contributed by atoms with Crippen LogP contribution in [0.1, 0.15) is 18.9 Å². The van der Waals surface area contributed by atoms with Gasteiger partial charge >= 0.3 is 0 Å². The van der Waals surface area contributed by atoms with Crippen molar-refractivity contribution in [2.75, 3.05) is 30.8 Å². The summed E-state index contributed by atoms with van der Waals surface area (Å²) < 4.78 is 8.03. The van der Waals surface area contributed by atoms with Crippen molar-refractivity contribution < 1.29 is 9.53 Å². The van der Waals surface area contributed by atoms with E-state index in [-0.39, 0.29) is 5.91 Å². The van der Waals surface area contributed by atoms with Crippen molar-refractivity contribution in [2.24, 2.45) is 0 Å². The van der Waals surface area contributed by atoms with Gasteiger partial charge in [0.2, 0.25) is 11.9 Å². The SMILES string of the molecule is C=CC(=O)Nc1cccc(Oc2nc(Nc3cnn(C4CCN(C)CC4)c3)nc3nc[nH]c23)c1. The smallest absolute Gasteiger partial charge is 0.250 e. The number of benzene rings is 1. The van der Waals surface area contributed by atoms with Gasteiger partial charge in [-0.3, -0.25) is 9.48 Å². The molecule has 3 N–H and O–H groups in total. The van der Waals surface area contributed by atoms with Crippen LogP contribution in [0.25, 0.3) is 11.2 Å². The first kappa shape index (κ1) is 21.6. The molecule has 0 atom stereocenters. The highest BCUT2D eigenvalue weighted by Gasteiger charge is 2.19. The predicted octanol–water partition coefficient (Wildman–Crippen LogP) is 3.48. The Morgan fingerprint density at radius 1 is 1.26 bits per heavy atom. The lowest BCUT2D eigenvalue weighted by Gasteiger charge is -2.28. The number of carbonyl (C=O) groups is 1. The lowest BCUT2D eigenvalue weighted by Crippen LogP contribution is -2.31. The van der Waals surface area contributed by atoms with Gasteiger partial charge in [0, 0.05) is 18.0 Å². The highest BCUT2D eigenvalue weighted by Crippen LogP contribution is 2.29. The van der Waals surface area contributed by atoms with Crippen molar-refractivity contribution in [2.45, 2.75) is 18.9 Å². The Morgan fingerprint density at radius 2 is 2.12 bits per heavy atom. The summed E-state index contributed by atoms with van der Waals surface area (Å²) in [5.41, 5.74) is 2.39. The quantitative estimate of drug-likeness (QED) is 0.359. The fraction of sp³-hybridized carbons (Fsp3) is 0.261. The summed E-state index contributed by atoms with van der Waals surface area (Å²) in [6.07, 6.45) is 8.62. The van der Waals surface area contributed by atoms with E-state index in [1.165, 1.54) is 12.4 Å². The molecule has 0 spiro atoms. The van der Waals surface area contributed by atoms with Crippen LogP contribution < -0.4 is 15.4 Å². The van der Waals surface area contributed by atoms with Crippen LogP contribution >= 0.6 is 0 Å². The van der Waals surface area contributed by atoms with Crippen molar-refractivity contribution in [3.05, 3.63) is 55.6 Å². The third-order valence-electron chi connectivity index (χ3n) is 5.67. The van der Waals surface area contributed by atoms with Gasteiger partial charge in [0.15, 0.2) is 5.65 Å². The van der Waals surface area contributed by atoms with Gasteiger partial charge in [-0.25, -0.2) is 4.98 Å². The van der Waals surface area contributed by atoms with Crippen molar-refractivity contribution >= 4 is 34.4 Å². The fourth-order valence-electron chi connectivity index (χ4n) is 3.87. The van der Waals surface area contributed by atoms with E-state index in [1.54, 1.807) is 30.5 Å². The maximum Gasteiger partial charge on any atom is 0.250 e. The molecule has 0 saturated carbocycles. The van der Waals surface area contributed by atoms with Gasteiger partial charge in [0.05, 0.1) is 24.3 Å². The van der Waals surface area contributed by atoms with E-state index in [2.05, 4.69) is 54.2 Å². The van der Waals surface area contributed by atoms with E-state index in [0.717, 1.165) is 31.6 Å². The van der Waals surface area contributed by atoms with Gasteiger partial charge in [0.1, 0.15) is 11.3 Å². The van der Waals surface area contributed by atoms with Crippen LogP contribution in [0, 0.1) is 0 Å². The molecule has 4 heterocycles. The Hall–Kier alpha value is -4.25. The zero-order valence-electron chi connectivity index (χ0n) is 18.7. The van der Waals surface area contributed by atoms with E-state index in [0.29, 0.717) is 40.5 Å². The van der Waals surface area contributed by atoms with Crippen LogP contribution in [0.5, 0.6) is 11.6 Å². The molecule has 5 rings (SSSR count). The van der Waals surface area contributed by atoms with E-state index in [9.17, 15) is 4.79 Å². The monoisotopic (exact) mass is 459 g/mol. The Bertz CT molecular complexity index is 1320. The summed E-state index contributed by atoms with van der Waals surface area (Å²) in [5, 5.41) is 10.4. The lowest BCUT2D eigenvalue weighted by atomic mass is 10.1. The number of fused-ring (bicyclic) bond motifs is 1. The number of piperidine rings is 1. The molecule has 1 aliphatic heterocycles. The number of nitrogens with one attached hydrogen (secondary N) is 3. The molecule has 0 unspecified atom stereocenters. The number of nitrogens with zero attached hydrogens (tertiary/aromatic N) is 6. The minimum Gasteiger partial charge on any atom is -0.437 e. The lowest BCUT2D eigenvalue weighted by molar-refractivity contribution is -0.111. The van der Waals surface area contributed by atoms with E-state index in [1.807, 2.05) is 10.9 Å². The van der Waals surface area contributed by atoms with Gasteiger partial charge < -0.3 is 25.3 Å². The van der Waals surface area contributed by atoms with Crippen LogP contribution in [-0.4, -0.2) is 60.7 Å². The Kier molecular flexibility index (Phi) is 5.91. The third-order valence-corrected chi connectivity index (χ3v) is 5.67. The summed E-state index contributed by atoms with van der Waals surface area (Å²) in [6, 6.07) is 7.39. The molecule has 1 fully saturated rings. The number of hydrogen-bond acceptors (Lipinski definition) is 8. The maximum absolute atomic E-state index is 11.6. The van der Waals surface area contributed by atoms with Gasteiger partial charge in [-0.2, -0.15) is 15.1 Å². The zero-order valence-corrected chi connectivity index (χ0v) is 18.7. The summed E-state index contributed by atoms with van der Waals surface area (Å²) >= 11 is 0. The molecule has 0 bridgehead atoms. The molecule has 1 aromatic carbocycles. The highest BCUT2D eigenvalue weighted by atomic mass is 16.5. The minimum atomic E-state index is -0.303. The molecule has 1 amide bonds. The second kappa shape index (κ2) is 9.32.